The highest BCUT2D eigenvalue weighted by Gasteiger charge is 2.28. The van der Waals surface area contributed by atoms with Crippen molar-refractivity contribution in [2.24, 2.45) is 5.92 Å². The summed E-state index contributed by atoms with van der Waals surface area (Å²) >= 11 is 3.47. The van der Waals surface area contributed by atoms with Gasteiger partial charge >= 0.3 is 0 Å². The highest BCUT2D eigenvalue weighted by atomic mass is 79.9. The molecular weight excluding hydrogens is 322 g/mol. The van der Waals surface area contributed by atoms with Crippen molar-refractivity contribution in [3.8, 4) is 5.75 Å². The fraction of sp³-hybridized carbons (Fsp3) is 0.429. The summed E-state index contributed by atoms with van der Waals surface area (Å²) in [5.74, 6) is 1.10. The Kier molecular flexibility index (Phi) is 3.41. The number of carbonyl (C=O) groups is 1. The maximum atomic E-state index is 11.3. The molecule has 1 amide bonds. The second-order valence-corrected chi connectivity index (χ2v) is 6.15. The predicted molar refractivity (Wildman–Crippen MR) is 78.8 cm³/mol. The number of ether oxygens (including phenoxy) is 1. The number of aromatic nitrogens is 2. The van der Waals surface area contributed by atoms with Gasteiger partial charge < -0.3 is 10.1 Å². The zero-order chi connectivity index (χ0) is 14.3. The van der Waals surface area contributed by atoms with E-state index in [4.69, 9.17) is 4.74 Å². The van der Waals surface area contributed by atoms with E-state index in [9.17, 15) is 4.79 Å². The largest absolute Gasteiger partial charge is 0.488 e. The Morgan fingerprint density at radius 1 is 1.55 bits per heavy atom. The molecule has 5 nitrogen and oxygen atoms in total. The van der Waals surface area contributed by atoms with Crippen molar-refractivity contribution < 1.29 is 9.53 Å². The molecule has 3 heterocycles. The Balaban J connectivity index is 1.88. The number of hydrogen-bond acceptors (Lipinski definition) is 3. The minimum Gasteiger partial charge on any atom is -0.488 e. The van der Waals surface area contributed by atoms with Crippen LogP contribution in [0.3, 0.4) is 0 Å². The van der Waals surface area contributed by atoms with Gasteiger partial charge in [0.1, 0.15) is 17.4 Å². The maximum absolute atomic E-state index is 11.3. The molecule has 0 saturated carbocycles. The highest BCUT2D eigenvalue weighted by molar-refractivity contribution is 9.10. The van der Waals surface area contributed by atoms with Crippen molar-refractivity contribution in [1.29, 1.82) is 0 Å². The van der Waals surface area contributed by atoms with Gasteiger partial charge in [-0.1, -0.05) is 0 Å². The van der Waals surface area contributed by atoms with Gasteiger partial charge in [0, 0.05) is 29.6 Å². The number of carbonyl (C=O) groups excluding carboxylic acids is 1. The van der Waals surface area contributed by atoms with E-state index in [-0.39, 0.29) is 17.9 Å². The van der Waals surface area contributed by atoms with Crippen LogP contribution in [0, 0.1) is 12.8 Å². The van der Waals surface area contributed by atoms with Gasteiger partial charge in [-0.25, -0.2) is 4.52 Å². The average Bonchev–Trinajstić information content (AvgIpc) is 2.94. The molecular formula is C14H16BrN3O2. The van der Waals surface area contributed by atoms with Gasteiger partial charge in [0.25, 0.3) is 0 Å². The van der Waals surface area contributed by atoms with E-state index in [1.165, 1.54) is 0 Å². The molecule has 3 rings (SSSR count). The van der Waals surface area contributed by atoms with Gasteiger partial charge in [0.15, 0.2) is 0 Å². The summed E-state index contributed by atoms with van der Waals surface area (Å²) in [4.78, 5) is 11.3. The summed E-state index contributed by atoms with van der Waals surface area (Å²) < 4.78 is 8.79. The molecule has 0 radical (unpaired) electrons. The van der Waals surface area contributed by atoms with Crippen molar-refractivity contribution in [1.82, 2.24) is 14.9 Å². The van der Waals surface area contributed by atoms with Crippen LogP contribution in [0.2, 0.25) is 0 Å². The summed E-state index contributed by atoms with van der Waals surface area (Å²) in [5.41, 5.74) is 1.88. The SMILES string of the molecule is Cc1cc2c(O[C@H](C)C3CNC(=O)C3)cc(Br)cn2n1. The summed E-state index contributed by atoms with van der Waals surface area (Å²) in [6.45, 7) is 4.64. The first-order chi connectivity index (χ1) is 9.52. The minimum atomic E-state index is -0.0257. The third-order valence-corrected chi connectivity index (χ3v) is 4.04. The number of rotatable bonds is 3. The zero-order valence-corrected chi connectivity index (χ0v) is 13.0. The molecule has 1 N–H and O–H groups in total. The van der Waals surface area contributed by atoms with E-state index >= 15 is 0 Å². The molecule has 2 aromatic rings. The van der Waals surface area contributed by atoms with E-state index in [0.717, 1.165) is 21.4 Å². The first-order valence-corrected chi connectivity index (χ1v) is 7.41. The molecule has 6 heteroatoms. The lowest BCUT2D eigenvalue weighted by Crippen LogP contribution is -2.25. The smallest absolute Gasteiger partial charge is 0.220 e. The number of nitrogens with zero attached hydrogens (tertiary/aromatic N) is 2. The van der Waals surface area contributed by atoms with Crippen LogP contribution < -0.4 is 10.1 Å². The van der Waals surface area contributed by atoms with Crippen molar-refractivity contribution in [2.45, 2.75) is 26.4 Å². The van der Waals surface area contributed by atoms with Crippen LogP contribution in [0.15, 0.2) is 22.8 Å². The van der Waals surface area contributed by atoms with Crippen LogP contribution in [-0.2, 0) is 4.79 Å². The molecule has 2 atom stereocenters. The fourth-order valence-corrected chi connectivity index (χ4v) is 2.90. The number of pyridine rings is 1. The molecule has 0 spiro atoms. The quantitative estimate of drug-likeness (QED) is 0.934. The lowest BCUT2D eigenvalue weighted by molar-refractivity contribution is -0.119. The Morgan fingerprint density at radius 3 is 3.05 bits per heavy atom. The monoisotopic (exact) mass is 337 g/mol. The number of hydrogen-bond donors (Lipinski definition) is 1. The van der Waals surface area contributed by atoms with Crippen LogP contribution in [-0.4, -0.2) is 28.2 Å². The van der Waals surface area contributed by atoms with Crippen LogP contribution in [0.5, 0.6) is 5.75 Å². The second-order valence-electron chi connectivity index (χ2n) is 5.23. The predicted octanol–water partition coefficient (Wildman–Crippen LogP) is 2.31. The van der Waals surface area contributed by atoms with E-state index < -0.39 is 0 Å². The summed E-state index contributed by atoms with van der Waals surface area (Å²) in [5, 5.41) is 7.23. The molecule has 2 aromatic heterocycles. The van der Waals surface area contributed by atoms with Crippen LogP contribution in [0.4, 0.5) is 0 Å². The van der Waals surface area contributed by atoms with Gasteiger partial charge in [-0.3, -0.25) is 4.79 Å². The maximum Gasteiger partial charge on any atom is 0.220 e. The number of aryl methyl sites for hydroxylation is 1. The minimum absolute atomic E-state index is 0.0257. The van der Waals surface area contributed by atoms with Gasteiger partial charge in [0.2, 0.25) is 5.91 Å². The van der Waals surface area contributed by atoms with Crippen LogP contribution in [0.1, 0.15) is 19.0 Å². The summed E-state index contributed by atoms with van der Waals surface area (Å²) in [6.07, 6.45) is 2.41. The molecule has 1 fully saturated rings. The normalized spacial score (nSPS) is 20.1. The second kappa shape index (κ2) is 5.09. The lowest BCUT2D eigenvalue weighted by Gasteiger charge is -2.20. The topological polar surface area (TPSA) is 55.6 Å². The van der Waals surface area contributed by atoms with Crippen molar-refractivity contribution in [3.05, 3.63) is 28.5 Å². The van der Waals surface area contributed by atoms with Crippen molar-refractivity contribution in [2.75, 3.05) is 6.54 Å². The van der Waals surface area contributed by atoms with Crippen LogP contribution >= 0.6 is 15.9 Å². The fourth-order valence-electron chi connectivity index (χ4n) is 2.50. The van der Waals surface area contributed by atoms with Crippen molar-refractivity contribution >= 4 is 27.4 Å². The standard InChI is InChI=1S/C14H16BrN3O2/c1-8-3-12-13(5-11(15)7-18(12)17-8)20-9(2)10-4-14(19)16-6-10/h3,5,7,9-10H,4,6H2,1-2H3,(H,16,19)/t9-,10?/m1/s1. The molecule has 0 aliphatic carbocycles. The Bertz CT molecular complexity index is 668. The molecule has 0 bridgehead atoms. The molecule has 20 heavy (non-hydrogen) atoms. The van der Waals surface area contributed by atoms with E-state index in [2.05, 4.69) is 26.3 Å². The van der Waals surface area contributed by atoms with E-state index in [1.54, 1.807) is 4.52 Å². The highest BCUT2D eigenvalue weighted by Crippen LogP contribution is 2.28. The molecule has 106 valence electrons. The Hall–Kier alpha value is -1.56. The first-order valence-electron chi connectivity index (χ1n) is 6.62. The molecule has 0 aromatic carbocycles. The lowest BCUT2D eigenvalue weighted by atomic mass is 10.0. The van der Waals surface area contributed by atoms with Gasteiger partial charge in [-0.15, -0.1) is 0 Å². The average molecular weight is 338 g/mol. The molecule has 1 unspecified atom stereocenters. The van der Waals surface area contributed by atoms with Crippen molar-refractivity contribution in [3.63, 3.8) is 0 Å². The van der Waals surface area contributed by atoms with E-state index in [1.807, 2.05) is 32.2 Å². The summed E-state index contributed by atoms with van der Waals surface area (Å²) in [6, 6.07) is 3.93. The van der Waals surface area contributed by atoms with Crippen LogP contribution in [0.25, 0.3) is 5.52 Å². The molecule has 1 aliphatic heterocycles. The number of fused-ring (bicyclic) bond motifs is 1. The third-order valence-electron chi connectivity index (χ3n) is 3.61. The Morgan fingerprint density at radius 2 is 2.35 bits per heavy atom. The number of halogens is 1. The molecule has 1 saturated heterocycles. The van der Waals surface area contributed by atoms with Gasteiger partial charge in [0.05, 0.1) is 5.69 Å². The van der Waals surface area contributed by atoms with E-state index in [0.29, 0.717) is 13.0 Å². The van der Waals surface area contributed by atoms with Gasteiger partial charge in [-0.2, -0.15) is 5.10 Å². The third kappa shape index (κ3) is 2.52. The number of amides is 1. The van der Waals surface area contributed by atoms with Gasteiger partial charge in [-0.05, 0) is 41.9 Å². The first kappa shape index (κ1) is 13.4. The molecule has 1 aliphatic rings. The number of nitrogens with one attached hydrogen (secondary N) is 1. The summed E-state index contributed by atoms with van der Waals surface area (Å²) in [7, 11) is 0. The Labute approximate surface area is 125 Å². The zero-order valence-electron chi connectivity index (χ0n) is 11.4.